The molecule has 2 unspecified atom stereocenters. The largest absolute Gasteiger partial charge is 0.333 e. The van der Waals surface area contributed by atoms with Gasteiger partial charge in [0.15, 0.2) is 11.6 Å². The number of benzene rings is 1. The van der Waals surface area contributed by atoms with Gasteiger partial charge in [-0.25, -0.2) is 8.78 Å². The van der Waals surface area contributed by atoms with Crippen LogP contribution in [0.25, 0.3) is 0 Å². The summed E-state index contributed by atoms with van der Waals surface area (Å²) in [5, 5.41) is 3.26. The van der Waals surface area contributed by atoms with Crippen molar-refractivity contribution in [3.63, 3.8) is 0 Å². The molecular weight excluding hydrogens is 318 g/mol. The SMILES string of the molecule is CC1NCCN(C(=O)c2cc(F)c(F)cc2Br)C1C. The van der Waals surface area contributed by atoms with Crippen molar-refractivity contribution >= 4 is 21.8 Å². The molecule has 19 heavy (non-hydrogen) atoms. The summed E-state index contributed by atoms with van der Waals surface area (Å²) in [7, 11) is 0. The quantitative estimate of drug-likeness (QED) is 0.801. The van der Waals surface area contributed by atoms with E-state index in [1.54, 1.807) is 4.90 Å². The monoisotopic (exact) mass is 332 g/mol. The smallest absolute Gasteiger partial charge is 0.255 e. The van der Waals surface area contributed by atoms with E-state index in [1.807, 2.05) is 13.8 Å². The molecule has 1 fully saturated rings. The minimum atomic E-state index is -1.01. The third-order valence-electron chi connectivity index (χ3n) is 3.54. The second-order valence-electron chi connectivity index (χ2n) is 4.73. The van der Waals surface area contributed by atoms with Gasteiger partial charge in [0.05, 0.1) is 5.56 Å². The Labute approximate surface area is 119 Å². The third kappa shape index (κ3) is 2.79. The number of nitrogens with one attached hydrogen (secondary N) is 1. The molecule has 0 aliphatic carbocycles. The highest BCUT2D eigenvalue weighted by Crippen LogP contribution is 2.23. The van der Waals surface area contributed by atoms with E-state index in [2.05, 4.69) is 21.2 Å². The molecule has 1 aromatic carbocycles. The fraction of sp³-hybridized carbons (Fsp3) is 0.462. The zero-order valence-electron chi connectivity index (χ0n) is 10.7. The van der Waals surface area contributed by atoms with Crippen LogP contribution in [0.2, 0.25) is 0 Å². The predicted molar refractivity (Wildman–Crippen MR) is 72.0 cm³/mol. The number of hydrogen-bond acceptors (Lipinski definition) is 2. The van der Waals surface area contributed by atoms with Gasteiger partial charge >= 0.3 is 0 Å². The Morgan fingerprint density at radius 2 is 2.00 bits per heavy atom. The van der Waals surface area contributed by atoms with Crippen LogP contribution in [0.15, 0.2) is 16.6 Å². The van der Waals surface area contributed by atoms with Gasteiger partial charge in [-0.3, -0.25) is 4.79 Å². The summed E-state index contributed by atoms with van der Waals surface area (Å²) in [6, 6.07) is 2.10. The van der Waals surface area contributed by atoms with Gasteiger partial charge in [0, 0.05) is 29.6 Å². The van der Waals surface area contributed by atoms with Crippen LogP contribution in [0.1, 0.15) is 24.2 Å². The highest BCUT2D eigenvalue weighted by molar-refractivity contribution is 9.10. The van der Waals surface area contributed by atoms with E-state index in [9.17, 15) is 13.6 Å². The van der Waals surface area contributed by atoms with Crippen molar-refractivity contribution in [2.45, 2.75) is 25.9 Å². The van der Waals surface area contributed by atoms with Crippen LogP contribution in [-0.2, 0) is 0 Å². The van der Waals surface area contributed by atoms with Crippen molar-refractivity contribution in [2.75, 3.05) is 13.1 Å². The lowest BCUT2D eigenvalue weighted by molar-refractivity contribution is 0.0601. The Balaban J connectivity index is 2.31. The van der Waals surface area contributed by atoms with Gasteiger partial charge in [0.1, 0.15) is 0 Å². The summed E-state index contributed by atoms with van der Waals surface area (Å²) in [6.45, 7) is 5.17. The van der Waals surface area contributed by atoms with Crippen molar-refractivity contribution in [2.24, 2.45) is 0 Å². The van der Waals surface area contributed by atoms with Crippen LogP contribution >= 0.6 is 15.9 Å². The van der Waals surface area contributed by atoms with Gasteiger partial charge in [-0.05, 0) is 41.9 Å². The lowest BCUT2D eigenvalue weighted by Crippen LogP contribution is -2.57. The van der Waals surface area contributed by atoms with E-state index in [4.69, 9.17) is 0 Å². The molecule has 0 spiro atoms. The molecule has 3 nitrogen and oxygen atoms in total. The van der Waals surface area contributed by atoms with E-state index in [1.165, 1.54) is 0 Å². The Hall–Kier alpha value is -1.01. The van der Waals surface area contributed by atoms with Crippen LogP contribution in [0.3, 0.4) is 0 Å². The highest BCUT2D eigenvalue weighted by atomic mass is 79.9. The lowest BCUT2D eigenvalue weighted by atomic mass is 10.1. The standard InChI is InChI=1S/C13H15BrF2N2O/c1-7-8(2)18(4-3-17-7)13(19)9-5-11(15)12(16)6-10(9)14/h5-8,17H,3-4H2,1-2H3. The fourth-order valence-corrected chi connectivity index (χ4v) is 2.67. The van der Waals surface area contributed by atoms with E-state index in [0.29, 0.717) is 13.1 Å². The highest BCUT2D eigenvalue weighted by Gasteiger charge is 2.30. The van der Waals surface area contributed by atoms with Crippen molar-refractivity contribution in [3.05, 3.63) is 33.8 Å². The maximum Gasteiger partial charge on any atom is 0.255 e. The zero-order valence-corrected chi connectivity index (χ0v) is 12.3. The molecule has 1 amide bonds. The molecule has 1 aromatic rings. The first kappa shape index (κ1) is 14.4. The minimum Gasteiger partial charge on any atom is -0.333 e. The Kier molecular flexibility index (Phi) is 4.20. The first-order valence-electron chi connectivity index (χ1n) is 6.10. The average Bonchev–Trinajstić information content (AvgIpc) is 2.36. The molecule has 2 rings (SSSR count). The minimum absolute atomic E-state index is 0.00117. The molecule has 1 heterocycles. The molecule has 0 bridgehead atoms. The molecule has 2 atom stereocenters. The molecule has 104 valence electrons. The topological polar surface area (TPSA) is 32.3 Å². The number of carbonyl (C=O) groups excluding carboxylic acids is 1. The van der Waals surface area contributed by atoms with Crippen molar-refractivity contribution < 1.29 is 13.6 Å². The Morgan fingerprint density at radius 3 is 2.68 bits per heavy atom. The number of piperazine rings is 1. The number of halogens is 3. The van der Waals surface area contributed by atoms with Crippen LogP contribution < -0.4 is 5.32 Å². The summed E-state index contributed by atoms with van der Waals surface area (Å²) in [6.07, 6.45) is 0. The van der Waals surface area contributed by atoms with E-state index in [0.717, 1.165) is 12.1 Å². The number of amides is 1. The average molecular weight is 333 g/mol. The molecular formula is C13H15BrF2N2O. The number of nitrogens with zero attached hydrogens (tertiary/aromatic N) is 1. The van der Waals surface area contributed by atoms with Gasteiger partial charge in [-0.15, -0.1) is 0 Å². The summed E-state index contributed by atoms with van der Waals surface area (Å²) in [4.78, 5) is 14.1. The van der Waals surface area contributed by atoms with Crippen LogP contribution in [-0.4, -0.2) is 36.0 Å². The van der Waals surface area contributed by atoms with Gasteiger partial charge < -0.3 is 10.2 Å². The van der Waals surface area contributed by atoms with Crippen LogP contribution in [0, 0.1) is 11.6 Å². The maximum atomic E-state index is 13.3. The zero-order chi connectivity index (χ0) is 14.2. The van der Waals surface area contributed by atoms with Gasteiger partial charge in [-0.2, -0.15) is 0 Å². The maximum absolute atomic E-state index is 13.3. The number of hydrogen-bond donors (Lipinski definition) is 1. The van der Waals surface area contributed by atoms with Crippen LogP contribution in [0.4, 0.5) is 8.78 Å². The van der Waals surface area contributed by atoms with Crippen molar-refractivity contribution in [1.29, 1.82) is 0 Å². The molecule has 1 saturated heterocycles. The van der Waals surface area contributed by atoms with Crippen molar-refractivity contribution in [1.82, 2.24) is 10.2 Å². The van der Waals surface area contributed by atoms with Gasteiger partial charge in [-0.1, -0.05) is 0 Å². The first-order valence-corrected chi connectivity index (χ1v) is 6.90. The third-order valence-corrected chi connectivity index (χ3v) is 4.19. The molecule has 0 radical (unpaired) electrons. The van der Waals surface area contributed by atoms with E-state index in [-0.39, 0.29) is 28.0 Å². The van der Waals surface area contributed by atoms with Gasteiger partial charge in [0.25, 0.3) is 5.91 Å². The summed E-state index contributed by atoms with van der Waals surface area (Å²) in [5.74, 6) is -2.26. The van der Waals surface area contributed by atoms with Crippen molar-refractivity contribution in [3.8, 4) is 0 Å². The predicted octanol–water partition coefficient (Wildman–Crippen LogP) is 2.55. The summed E-state index contributed by atoms with van der Waals surface area (Å²) < 4.78 is 26.6. The Bertz CT molecular complexity index is 510. The second kappa shape index (κ2) is 5.54. The Morgan fingerprint density at radius 1 is 1.37 bits per heavy atom. The summed E-state index contributed by atoms with van der Waals surface area (Å²) >= 11 is 3.11. The molecule has 1 aliphatic heterocycles. The first-order chi connectivity index (χ1) is 8.91. The normalized spacial score (nSPS) is 23.5. The molecule has 1 aliphatic rings. The number of carbonyl (C=O) groups is 1. The van der Waals surface area contributed by atoms with Gasteiger partial charge in [0.2, 0.25) is 0 Å². The molecule has 0 aromatic heterocycles. The van der Waals surface area contributed by atoms with E-state index < -0.39 is 11.6 Å². The summed E-state index contributed by atoms with van der Waals surface area (Å²) in [5.41, 5.74) is 0.153. The fourth-order valence-electron chi connectivity index (χ4n) is 2.18. The number of rotatable bonds is 1. The molecule has 0 saturated carbocycles. The molecule has 1 N–H and O–H groups in total. The van der Waals surface area contributed by atoms with Crippen LogP contribution in [0.5, 0.6) is 0 Å². The molecule has 6 heteroatoms. The second-order valence-corrected chi connectivity index (χ2v) is 5.58. The lowest BCUT2D eigenvalue weighted by Gasteiger charge is -2.38. The van der Waals surface area contributed by atoms with E-state index >= 15 is 0 Å².